The van der Waals surface area contributed by atoms with Crippen LogP contribution in [0.1, 0.15) is 36.0 Å². The average molecular weight is 453 g/mol. The number of aliphatic hydroxyl groups excluding tert-OH is 1. The maximum Gasteiger partial charge on any atom is 0.290 e. The van der Waals surface area contributed by atoms with E-state index in [1.54, 1.807) is 0 Å². The second-order valence-electron chi connectivity index (χ2n) is 9.13. The molecule has 0 unspecified atom stereocenters. The minimum absolute atomic E-state index is 0.0649. The van der Waals surface area contributed by atoms with Crippen LogP contribution in [0.15, 0.2) is 54.6 Å². The zero-order chi connectivity index (χ0) is 23.2. The number of hydrogen-bond acceptors (Lipinski definition) is 5. The van der Waals surface area contributed by atoms with Crippen LogP contribution in [-0.4, -0.2) is 70.7 Å². The van der Waals surface area contributed by atoms with Gasteiger partial charge >= 0.3 is 0 Å². The van der Waals surface area contributed by atoms with E-state index >= 15 is 0 Å². The summed E-state index contributed by atoms with van der Waals surface area (Å²) in [7, 11) is 0. The molecule has 7 nitrogen and oxygen atoms in total. The molecule has 0 bridgehead atoms. The third kappa shape index (κ3) is 5.54. The van der Waals surface area contributed by atoms with E-state index in [0.29, 0.717) is 23.1 Å². The summed E-state index contributed by atoms with van der Waals surface area (Å²) < 4.78 is 5.90. The summed E-state index contributed by atoms with van der Waals surface area (Å²) in [5.41, 5.74) is 0.665. The number of rotatable bonds is 4. The van der Waals surface area contributed by atoms with Gasteiger partial charge in [0.2, 0.25) is 0 Å². The highest BCUT2D eigenvalue weighted by atomic mass is 16.5. The molecule has 0 spiro atoms. The SMILES string of the molecule is O=C(c1cccc(Oc2ccccc2)c1)N1C[C@H]2C[C@@H](N3CCCC3)[C@H](O)C[C@H]2C1.O=CO. The first-order valence-corrected chi connectivity index (χ1v) is 11.7. The zero-order valence-electron chi connectivity index (χ0n) is 18.8. The topological polar surface area (TPSA) is 90.3 Å². The van der Waals surface area contributed by atoms with Crippen LogP contribution in [0, 0.1) is 11.8 Å². The highest BCUT2D eigenvalue weighted by Gasteiger charge is 2.45. The van der Waals surface area contributed by atoms with Gasteiger partial charge in [-0.15, -0.1) is 0 Å². The zero-order valence-corrected chi connectivity index (χ0v) is 18.8. The van der Waals surface area contributed by atoms with Crippen molar-refractivity contribution >= 4 is 12.4 Å². The third-order valence-electron chi connectivity index (χ3n) is 7.07. The Hall–Kier alpha value is -2.90. The van der Waals surface area contributed by atoms with E-state index in [2.05, 4.69) is 4.90 Å². The van der Waals surface area contributed by atoms with Gasteiger partial charge in [-0.2, -0.15) is 0 Å². The Morgan fingerprint density at radius 3 is 2.27 bits per heavy atom. The second-order valence-corrected chi connectivity index (χ2v) is 9.13. The molecule has 4 atom stereocenters. The number of aliphatic hydroxyl groups is 1. The number of ether oxygens (including phenoxy) is 1. The molecule has 1 amide bonds. The van der Waals surface area contributed by atoms with E-state index in [1.807, 2.05) is 59.5 Å². The van der Waals surface area contributed by atoms with Crippen molar-refractivity contribution in [1.82, 2.24) is 9.80 Å². The smallest absolute Gasteiger partial charge is 0.290 e. The summed E-state index contributed by atoms with van der Waals surface area (Å²) in [6.07, 6.45) is 4.04. The van der Waals surface area contributed by atoms with Crippen LogP contribution in [0.5, 0.6) is 11.5 Å². The van der Waals surface area contributed by atoms with Crippen LogP contribution in [0.25, 0.3) is 0 Å². The quantitative estimate of drug-likeness (QED) is 0.691. The molecular weight excluding hydrogens is 420 g/mol. The van der Waals surface area contributed by atoms with Crippen molar-refractivity contribution in [1.29, 1.82) is 0 Å². The van der Waals surface area contributed by atoms with E-state index in [4.69, 9.17) is 14.6 Å². The molecule has 2 aromatic rings. The number of likely N-dealkylation sites (tertiary alicyclic amines) is 2. The van der Waals surface area contributed by atoms with Crippen LogP contribution in [-0.2, 0) is 4.79 Å². The molecule has 3 fully saturated rings. The molecule has 0 aromatic heterocycles. The highest BCUT2D eigenvalue weighted by molar-refractivity contribution is 5.94. The Morgan fingerprint density at radius 2 is 1.58 bits per heavy atom. The Bertz CT molecular complexity index is 931. The first-order chi connectivity index (χ1) is 16.1. The molecule has 2 saturated heterocycles. The summed E-state index contributed by atoms with van der Waals surface area (Å²) in [6, 6.07) is 17.3. The van der Waals surface area contributed by atoms with Gasteiger partial charge in [-0.25, -0.2) is 0 Å². The standard InChI is InChI=1S/C25H30N2O3.CH2O2/c28-24-15-20-17-27(16-19(20)14-23(24)26-11-4-5-12-26)25(29)18-7-6-10-22(13-18)30-21-8-2-1-3-9-21;2-1-3/h1-3,6-10,13,19-20,23-24,28H,4-5,11-12,14-17H2;1H,(H,2,3)/t19-,20+,23-,24-;/m1./s1. The van der Waals surface area contributed by atoms with Crippen LogP contribution < -0.4 is 4.74 Å². The molecule has 2 aliphatic heterocycles. The maximum absolute atomic E-state index is 13.2. The number of carbonyl (C=O) groups excluding carboxylic acids is 1. The van der Waals surface area contributed by atoms with Gasteiger partial charge in [0.1, 0.15) is 11.5 Å². The number of carboxylic acid groups (broad SMARTS) is 1. The largest absolute Gasteiger partial charge is 0.483 e. The molecule has 0 radical (unpaired) electrons. The molecule has 2 heterocycles. The van der Waals surface area contributed by atoms with Crippen LogP contribution in [0.4, 0.5) is 0 Å². The lowest BCUT2D eigenvalue weighted by Crippen LogP contribution is -2.48. The lowest BCUT2D eigenvalue weighted by molar-refractivity contribution is -0.122. The van der Waals surface area contributed by atoms with Crippen LogP contribution >= 0.6 is 0 Å². The predicted octanol–water partition coefficient (Wildman–Crippen LogP) is 3.49. The molecule has 1 saturated carbocycles. The third-order valence-corrected chi connectivity index (χ3v) is 7.07. The average Bonchev–Trinajstić information content (AvgIpc) is 3.49. The summed E-state index contributed by atoms with van der Waals surface area (Å²) in [6.45, 7) is 3.51. The number of amides is 1. The lowest BCUT2D eigenvalue weighted by Gasteiger charge is -2.40. The molecular formula is C26H32N2O5. The minimum Gasteiger partial charge on any atom is -0.483 e. The predicted molar refractivity (Wildman–Crippen MR) is 124 cm³/mol. The Kier molecular flexibility index (Phi) is 7.62. The Morgan fingerprint density at radius 1 is 0.939 bits per heavy atom. The second kappa shape index (κ2) is 10.8. The molecule has 5 rings (SSSR count). The van der Waals surface area contributed by atoms with E-state index in [0.717, 1.165) is 44.8 Å². The van der Waals surface area contributed by atoms with Crippen molar-refractivity contribution in [2.45, 2.75) is 37.8 Å². The van der Waals surface area contributed by atoms with Crippen LogP contribution in [0.2, 0.25) is 0 Å². The number of fused-ring (bicyclic) bond motifs is 1. The van der Waals surface area contributed by atoms with E-state index in [1.165, 1.54) is 12.8 Å². The monoisotopic (exact) mass is 452 g/mol. The van der Waals surface area contributed by atoms with Gasteiger partial charge < -0.3 is 19.8 Å². The van der Waals surface area contributed by atoms with E-state index in [9.17, 15) is 9.90 Å². The molecule has 2 aromatic carbocycles. The number of carbonyl (C=O) groups is 2. The fraction of sp³-hybridized carbons (Fsp3) is 0.462. The number of nitrogens with zero attached hydrogens (tertiary/aromatic N) is 2. The summed E-state index contributed by atoms with van der Waals surface area (Å²) in [4.78, 5) is 26.0. The van der Waals surface area contributed by atoms with E-state index < -0.39 is 0 Å². The first kappa shape index (κ1) is 23.3. The van der Waals surface area contributed by atoms with Gasteiger partial charge in [0.25, 0.3) is 12.4 Å². The highest BCUT2D eigenvalue weighted by Crippen LogP contribution is 2.39. The lowest BCUT2D eigenvalue weighted by atomic mass is 9.77. The molecule has 33 heavy (non-hydrogen) atoms. The maximum atomic E-state index is 13.2. The molecule has 2 N–H and O–H groups in total. The Labute approximate surface area is 194 Å². The van der Waals surface area contributed by atoms with Crippen molar-refractivity contribution < 1.29 is 24.5 Å². The number of benzene rings is 2. The normalized spacial score (nSPS) is 26.8. The molecule has 176 valence electrons. The van der Waals surface area contributed by atoms with Crippen molar-refractivity contribution in [3.05, 3.63) is 60.2 Å². The first-order valence-electron chi connectivity index (χ1n) is 11.7. The number of para-hydroxylation sites is 1. The van der Waals surface area contributed by atoms with Gasteiger partial charge in [-0.05, 0) is 80.9 Å². The van der Waals surface area contributed by atoms with Gasteiger partial charge in [-0.3, -0.25) is 14.5 Å². The van der Waals surface area contributed by atoms with Gasteiger partial charge in [0.15, 0.2) is 0 Å². The van der Waals surface area contributed by atoms with Crippen molar-refractivity contribution in [2.75, 3.05) is 26.2 Å². The molecule has 1 aliphatic carbocycles. The van der Waals surface area contributed by atoms with E-state index in [-0.39, 0.29) is 24.5 Å². The van der Waals surface area contributed by atoms with Gasteiger partial charge in [-0.1, -0.05) is 24.3 Å². The van der Waals surface area contributed by atoms with Crippen molar-refractivity contribution in [3.63, 3.8) is 0 Å². The Balaban J connectivity index is 0.000000821. The van der Waals surface area contributed by atoms with Crippen LogP contribution in [0.3, 0.4) is 0 Å². The van der Waals surface area contributed by atoms with Crippen molar-refractivity contribution in [2.24, 2.45) is 11.8 Å². The van der Waals surface area contributed by atoms with Crippen molar-refractivity contribution in [3.8, 4) is 11.5 Å². The fourth-order valence-electron chi connectivity index (χ4n) is 5.54. The summed E-state index contributed by atoms with van der Waals surface area (Å²) >= 11 is 0. The van der Waals surface area contributed by atoms with Gasteiger partial charge in [0.05, 0.1) is 6.10 Å². The molecule has 3 aliphatic rings. The summed E-state index contributed by atoms with van der Waals surface area (Å²) in [5.74, 6) is 2.40. The minimum atomic E-state index is -0.262. The molecule has 7 heteroatoms. The fourth-order valence-corrected chi connectivity index (χ4v) is 5.54. The number of hydrogen-bond donors (Lipinski definition) is 2. The summed E-state index contributed by atoms with van der Waals surface area (Å²) in [5, 5.41) is 17.6. The van der Waals surface area contributed by atoms with Gasteiger partial charge in [0, 0.05) is 24.7 Å².